The van der Waals surface area contributed by atoms with Gasteiger partial charge in [-0.1, -0.05) is 48.5 Å². The zero-order chi connectivity index (χ0) is 13.5. The molecule has 2 heterocycles. The van der Waals surface area contributed by atoms with Gasteiger partial charge in [0.05, 0.1) is 11.0 Å². The van der Waals surface area contributed by atoms with E-state index in [2.05, 4.69) is 58.8 Å². The minimum Gasteiger partial charge on any atom is -0.294 e. The van der Waals surface area contributed by atoms with Crippen LogP contribution in [0.2, 0.25) is 0 Å². The zero-order valence-corrected chi connectivity index (χ0v) is 11.2. The van der Waals surface area contributed by atoms with Crippen LogP contribution in [-0.2, 0) is 0 Å². The van der Waals surface area contributed by atoms with Crippen molar-refractivity contribution in [1.82, 2.24) is 9.38 Å². The van der Waals surface area contributed by atoms with Crippen LogP contribution in [0.1, 0.15) is 5.56 Å². The third-order valence-corrected chi connectivity index (χ3v) is 3.74. The summed E-state index contributed by atoms with van der Waals surface area (Å²) in [7, 11) is 0. The number of fused-ring (bicyclic) bond motifs is 3. The quantitative estimate of drug-likeness (QED) is 0.492. The number of benzene rings is 2. The van der Waals surface area contributed by atoms with Crippen molar-refractivity contribution in [3.8, 4) is 11.4 Å². The highest BCUT2D eigenvalue weighted by molar-refractivity contribution is 5.90. The summed E-state index contributed by atoms with van der Waals surface area (Å²) in [5.74, 6) is 0.993. The highest BCUT2D eigenvalue weighted by atomic mass is 15.0. The van der Waals surface area contributed by atoms with Gasteiger partial charge in [-0.05, 0) is 24.6 Å². The molecule has 4 rings (SSSR count). The van der Waals surface area contributed by atoms with E-state index in [0.29, 0.717) is 0 Å². The van der Waals surface area contributed by atoms with Gasteiger partial charge in [-0.15, -0.1) is 0 Å². The molecule has 2 nitrogen and oxygen atoms in total. The Bertz CT molecular complexity index is 905. The fourth-order valence-electron chi connectivity index (χ4n) is 2.75. The molecular formula is C18H14N2. The Balaban J connectivity index is 2.19. The first-order valence-corrected chi connectivity index (χ1v) is 6.76. The van der Waals surface area contributed by atoms with Crippen LogP contribution >= 0.6 is 0 Å². The molecule has 0 unspecified atom stereocenters. The lowest BCUT2D eigenvalue weighted by Gasteiger charge is -2.08. The van der Waals surface area contributed by atoms with Crippen LogP contribution < -0.4 is 0 Å². The van der Waals surface area contributed by atoms with Crippen LogP contribution in [0.25, 0.3) is 27.8 Å². The lowest BCUT2D eigenvalue weighted by atomic mass is 10.2. The average molecular weight is 258 g/mol. The molecule has 0 bridgehead atoms. The van der Waals surface area contributed by atoms with Gasteiger partial charge in [0.15, 0.2) is 0 Å². The predicted molar refractivity (Wildman–Crippen MR) is 82.9 cm³/mol. The van der Waals surface area contributed by atoms with E-state index in [1.54, 1.807) is 0 Å². The number of hydrogen-bond donors (Lipinski definition) is 0. The smallest absolute Gasteiger partial charge is 0.144 e. The molecule has 0 aliphatic heterocycles. The monoisotopic (exact) mass is 258 g/mol. The second kappa shape index (κ2) is 4.20. The van der Waals surface area contributed by atoms with Crippen LogP contribution in [0, 0.1) is 6.92 Å². The van der Waals surface area contributed by atoms with E-state index in [1.165, 1.54) is 22.0 Å². The fraction of sp³-hybridized carbons (Fsp3) is 0.0556. The van der Waals surface area contributed by atoms with Gasteiger partial charge in [0.25, 0.3) is 0 Å². The summed E-state index contributed by atoms with van der Waals surface area (Å²) in [5.41, 5.74) is 4.76. The summed E-state index contributed by atoms with van der Waals surface area (Å²) in [6, 6.07) is 21.0. The van der Waals surface area contributed by atoms with E-state index in [1.807, 2.05) is 24.4 Å². The van der Waals surface area contributed by atoms with Crippen LogP contribution in [0.5, 0.6) is 0 Å². The molecule has 4 aromatic rings. The summed E-state index contributed by atoms with van der Waals surface area (Å²) in [4.78, 5) is 4.66. The second-order valence-electron chi connectivity index (χ2n) is 5.05. The van der Waals surface area contributed by atoms with Gasteiger partial charge in [0, 0.05) is 17.1 Å². The summed E-state index contributed by atoms with van der Waals surface area (Å²) in [6.07, 6.45) is 1.95. The number of nitrogens with zero attached hydrogens (tertiary/aromatic N) is 2. The molecule has 96 valence electrons. The number of para-hydroxylation sites is 1. The van der Waals surface area contributed by atoms with Crippen molar-refractivity contribution in [2.45, 2.75) is 6.92 Å². The summed E-state index contributed by atoms with van der Waals surface area (Å²) < 4.78 is 2.25. The molecule has 2 aromatic carbocycles. The molecule has 0 spiro atoms. The normalized spacial score (nSPS) is 11.2. The van der Waals surface area contributed by atoms with Gasteiger partial charge in [-0.3, -0.25) is 4.40 Å². The summed E-state index contributed by atoms with van der Waals surface area (Å²) >= 11 is 0. The highest BCUT2D eigenvalue weighted by Crippen LogP contribution is 2.27. The molecule has 0 aliphatic carbocycles. The number of rotatable bonds is 1. The van der Waals surface area contributed by atoms with Gasteiger partial charge < -0.3 is 0 Å². The molecule has 0 saturated heterocycles. The Morgan fingerprint density at radius 2 is 1.60 bits per heavy atom. The van der Waals surface area contributed by atoms with Crippen molar-refractivity contribution in [1.29, 1.82) is 0 Å². The van der Waals surface area contributed by atoms with Crippen LogP contribution in [0.3, 0.4) is 0 Å². The lowest BCUT2D eigenvalue weighted by Crippen LogP contribution is -1.97. The first-order chi connectivity index (χ1) is 9.84. The van der Waals surface area contributed by atoms with Crippen LogP contribution in [0.4, 0.5) is 0 Å². The minimum atomic E-state index is 0.993. The Morgan fingerprint density at radius 1 is 0.850 bits per heavy atom. The molecule has 0 aliphatic rings. The van der Waals surface area contributed by atoms with E-state index >= 15 is 0 Å². The molecule has 0 N–H and O–H groups in total. The summed E-state index contributed by atoms with van der Waals surface area (Å²) in [6.45, 7) is 2.11. The first-order valence-electron chi connectivity index (χ1n) is 6.76. The second-order valence-corrected chi connectivity index (χ2v) is 5.05. The largest absolute Gasteiger partial charge is 0.294 e. The van der Waals surface area contributed by atoms with E-state index in [9.17, 15) is 0 Å². The average Bonchev–Trinajstić information content (AvgIpc) is 2.89. The molecule has 0 atom stereocenters. The first kappa shape index (κ1) is 11.2. The Morgan fingerprint density at radius 3 is 2.45 bits per heavy atom. The lowest BCUT2D eigenvalue weighted by molar-refractivity contribution is 1.11. The maximum atomic E-state index is 4.66. The SMILES string of the molecule is Cc1cnc(-c2ccccc2)n2c1cc1ccccc12. The molecule has 0 saturated carbocycles. The molecule has 2 heteroatoms. The number of hydrogen-bond acceptors (Lipinski definition) is 1. The van der Waals surface area contributed by atoms with Crippen molar-refractivity contribution in [3.63, 3.8) is 0 Å². The predicted octanol–water partition coefficient (Wildman–Crippen LogP) is 4.46. The molecule has 0 radical (unpaired) electrons. The van der Waals surface area contributed by atoms with Crippen molar-refractivity contribution < 1.29 is 0 Å². The van der Waals surface area contributed by atoms with Crippen LogP contribution in [-0.4, -0.2) is 9.38 Å². The third-order valence-electron chi connectivity index (χ3n) is 3.74. The standard InChI is InChI=1S/C18H14N2/c1-13-12-19-18(14-7-3-2-4-8-14)20-16-10-6-5-9-15(16)11-17(13)20/h2-12H,1H3. The topological polar surface area (TPSA) is 17.3 Å². The van der Waals surface area contributed by atoms with Crippen molar-refractivity contribution in [2.75, 3.05) is 0 Å². The van der Waals surface area contributed by atoms with E-state index < -0.39 is 0 Å². The van der Waals surface area contributed by atoms with E-state index in [0.717, 1.165) is 11.4 Å². The maximum Gasteiger partial charge on any atom is 0.144 e. The van der Waals surface area contributed by atoms with Crippen molar-refractivity contribution >= 4 is 16.4 Å². The number of aromatic nitrogens is 2. The zero-order valence-electron chi connectivity index (χ0n) is 11.2. The van der Waals surface area contributed by atoms with Crippen LogP contribution in [0.15, 0.2) is 66.9 Å². The number of aryl methyl sites for hydroxylation is 1. The Labute approximate surface area is 117 Å². The molecule has 0 fully saturated rings. The summed E-state index contributed by atoms with van der Waals surface area (Å²) in [5, 5.41) is 1.25. The van der Waals surface area contributed by atoms with Crippen molar-refractivity contribution in [3.05, 3.63) is 72.4 Å². The fourth-order valence-corrected chi connectivity index (χ4v) is 2.75. The Hall–Kier alpha value is -2.61. The van der Waals surface area contributed by atoms with E-state index in [-0.39, 0.29) is 0 Å². The highest BCUT2D eigenvalue weighted by Gasteiger charge is 2.10. The maximum absolute atomic E-state index is 4.66. The molecular weight excluding hydrogens is 244 g/mol. The molecule has 20 heavy (non-hydrogen) atoms. The van der Waals surface area contributed by atoms with Crippen molar-refractivity contribution in [2.24, 2.45) is 0 Å². The van der Waals surface area contributed by atoms with Gasteiger partial charge in [-0.25, -0.2) is 4.98 Å². The Kier molecular flexibility index (Phi) is 2.36. The van der Waals surface area contributed by atoms with Gasteiger partial charge in [0.1, 0.15) is 5.82 Å². The third kappa shape index (κ3) is 1.55. The van der Waals surface area contributed by atoms with Gasteiger partial charge in [-0.2, -0.15) is 0 Å². The molecule has 2 aromatic heterocycles. The van der Waals surface area contributed by atoms with Gasteiger partial charge in [0.2, 0.25) is 0 Å². The van der Waals surface area contributed by atoms with Gasteiger partial charge >= 0.3 is 0 Å². The molecule has 0 amide bonds. The van der Waals surface area contributed by atoms with E-state index in [4.69, 9.17) is 0 Å². The minimum absolute atomic E-state index is 0.993.